The second-order valence-corrected chi connectivity index (χ2v) is 5.82. The highest BCUT2D eigenvalue weighted by molar-refractivity contribution is 5.36. The molecule has 1 unspecified atom stereocenters. The lowest BCUT2D eigenvalue weighted by Crippen LogP contribution is -2.12. The van der Waals surface area contributed by atoms with E-state index in [1.165, 1.54) is 29.5 Å². The predicted molar refractivity (Wildman–Crippen MR) is 67.8 cm³/mol. The summed E-state index contributed by atoms with van der Waals surface area (Å²) in [6, 6.07) is 6.82. The van der Waals surface area contributed by atoms with Crippen molar-refractivity contribution in [3.05, 3.63) is 34.9 Å². The van der Waals surface area contributed by atoms with Gasteiger partial charge in [-0.3, -0.25) is 0 Å². The van der Waals surface area contributed by atoms with Gasteiger partial charge in [0.2, 0.25) is 0 Å². The van der Waals surface area contributed by atoms with E-state index >= 15 is 0 Å². The van der Waals surface area contributed by atoms with Crippen LogP contribution in [0.4, 0.5) is 0 Å². The number of hydrogen-bond acceptors (Lipinski definition) is 1. The Morgan fingerprint density at radius 3 is 2.56 bits per heavy atom. The molecule has 1 aliphatic rings. The van der Waals surface area contributed by atoms with Crippen molar-refractivity contribution in [3.8, 4) is 0 Å². The second-order valence-electron chi connectivity index (χ2n) is 5.82. The minimum absolute atomic E-state index is 0.223. The molecule has 1 fully saturated rings. The van der Waals surface area contributed by atoms with E-state index < -0.39 is 0 Å². The van der Waals surface area contributed by atoms with Crippen molar-refractivity contribution in [1.82, 2.24) is 0 Å². The lowest BCUT2D eigenvalue weighted by molar-refractivity contribution is 0.111. The SMILES string of the molecule is Cc1ccc(C(C)(C)C)cc1C1CCCO1. The largest absolute Gasteiger partial charge is 0.374 e. The van der Waals surface area contributed by atoms with Gasteiger partial charge >= 0.3 is 0 Å². The number of hydrogen-bond donors (Lipinski definition) is 0. The summed E-state index contributed by atoms with van der Waals surface area (Å²) in [5, 5.41) is 0. The number of ether oxygens (including phenoxy) is 1. The van der Waals surface area contributed by atoms with E-state index in [1.54, 1.807) is 0 Å². The number of benzene rings is 1. The van der Waals surface area contributed by atoms with Gasteiger partial charge in [-0.25, -0.2) is 0 Å². The Balaban J connectivity index is 2.36. The molecule has 0 radical (unpaired) electrons. The van der Waals surface area contributed by atoms with Gasteiger partial charge in [0.15, 0.2) is 0 Å². The molecule has 0 aromatic heterocycles. The van der Waals surface area contributed by atoms with Crippen LogP contribution in [0.25, 0.3) is 0 Å². The maximum absolute atomic E-state index is 5.79. The van der Waals surface area contributed by atoms with Gasteiger partial charge in [-0.1, -0.05) is 39.0 Å². The van der Waals surface area contributed by atoms with Gasteiger partial charge in [-0.05, 0) is 41.9 Å². The van der Waals surface area contributed by atoms with Crippen LogP contribution in [0, 0.1) is 6.92 Å². The van der Waals surface area contributed by atoms with E-state index in [2.05, 4.69) is 45.9 Å². The third kappa shape index (κ3) is 2.30. The summed E-state index contributed by atoms with van der Waals surface area (Å²) in [7, 11) is 0. The molecule has 0 spiro atoms. The predicted octanol–water partition coefficient (Wildman–Crippen LogP) is 4.14. The standard InChI is InChI=1S/C15H22O/c1-11-7-8-12(15(2,3)4)10-13(11)14-6-5-9-16-14/h7-8,10,14H,5-6,9H2,1-4H3. The molecule has 1 heteroatoms. The third-order valence-corrected chi connectivity index (χ3v) is 3.42. The first-order chi connectivity index (χ1) is 7.48. The van der Waals surface area contributed by atoms with Crippen LogP contribution in [0.3, 0.4) is 0 Å². The fourth-order valence-electron chi connectivity index (χ4n) is 2.28. The van der Waals surface area contributed by atoms with Gasteiger partial charge in [0.1, 0.15) is 0 Å². The van der Waals surface area contributed by atoms with Gasteiger partial charge in [-0.2, -0.15) is 0 Å². The Labute approximate surface area is 98.8 Å². The number of aryl methyl sites for hydroxylation is 1. The maximum Gasteiger partial charge on any atom is 0.0828 e. The summed E-state index contributed by atoms with van der Waals surface area (Å²) >= 11 is 0. The highest BCUT2D eigenvalue weighted by atomic mass is 16.5. The summed E-state index contributed by atoms with van der Waals surface area (Å²) in [5.41, 5.74) is 4.38. The molecule has 88 valence electrons. The van der Waals surface area contributed by atoms with Gasteiger partial charge in [0.25, 0.3) is 0 Å². The van der Waals surface area contributed by atoms with Crippen LogP contribution in [0.2, 0.25) is 0 Å². The van der Waals surface area contributed by atoms with E-state index in [9.17, 15) is 0 Å². The van der Waals surface area contributed by atoms with Crippen molar-refractivity contribution in [2.45, 2.75) is 52.1 Å². The van der Waals surface area contributed by atoms with Gasteiger partial charge < -0.3 is 4.74 Å². The molecule has 0 saturated carbocycles. The zero-order chi connectivity index (χ0) is 11.8. The van der Waals surface area contributed by atoms with Crippen LogP contribution in [0.5, 0.6) is 0 Å². The van der Waals surface area contributed by atoms with Crippen LogP contribution in [-0.2, 0) is 10.2 Å². The van der Waals surface area contributed by atoms with Gasteiger partial charge in [0.05, 0.1) is 6.10 Å². The molecule has 1 heterocycles. The van der Waals surface area contributed by atoms with Crippen LogP contribution < -0.4 is 0 Å². The summed E-state index contributed by atoms with van der Waals surface area (Å²) in [6.07, 6.45) is 2.71. The van der Waals surface area contributed by atoms with E-state index in [1.807, 2.05) is 0 Å². The third-order valence-electron chi connectivity index (χ3n) is 3.42. The molecule has 0 N–H and O–H groups in total. The highest BCUT2D eigenvalue weighted by Crippen LogP contribution is 2.33. The molecule has 0 bridgehead atoms. The van der Waals surface area contributed by atoms with Gasteiger partial charge in [0, 0.05) is 6.61 Å². The summed E-state index contributed by atoms with van der Waals surface area (Å²) in [4.78, 5) is 0. The second kappa shape index (κ2) is 4.21. The van der Waals surface area contributed by atoms with E-state index in [0.717, 1.165) is 6.61 Å². The maximum atomic E-state index is 5.79. The highest BCUT2D eigenvalue weighted by Gasteiger charge is 2.22. The van der Waals surface area contributed by atoms with E-state index in [0.29, 0.717) is 6.10 Å². The van der Waals surface area contributed by atoms with Crippen molar-refractivity contribution >= 4 is 0 Å². The first kappa shape index (κ1) is 11.7. The average Bonchev–Trinajstić information content (AvgIpc) is 2.69. The molecule has 0 aliphatic carbocycles. The lowest BCUT2D eigenvalue weighted by atomic mass is 9.84. The fourth-order valence-corrected chi connectivity index (χ4v) is 2.28. The van der Waals surface area contributed by atoms with E-state index in [4.69, 9.17) is 4.74 Å². The fraction of sp³-hybridized carbons (Fsp3) is 0.600. The molecule has 1 aromatic rings. The van der Waals surface area contributed by atoms with Crippen molar-refractivity contribution in [1.29, 1.82) is 0 Å². The Morgan fingerprint density at radius 1 is 1.25 bits per heavy atom. The zero-order valence-corrected chi connectivity index (χ0v) is 10.8. The molecule has 0 amide bonds. The van der Waals surface area contributed by atoms with Crippen LogP contribution >= 0.6 is 0 Å². The Kier molecular flexibility index (Phi) is 3.07. The monoisotopic (exact) mass is 218 g/mol. The molecular formula is C15H22O. The topological polar surface area (TPSA) is 9.23 Å². The molecule has 1 aromatic carbocycles. The van der Waals surface area contributed by atoms with Crippen LogP contribution in [-0.4, -0.2) is 6.61 Å². The summed E-state index contributed by atoms with van der Waals surface area (Å²) < 4.78 is 5.79. The van der Waals surface area contributed by atoms with Crippen LogP contribution in [0.1, 0.15) is 56.4 Å². The summed E-state index contributed by atoms with van der Waals surface area (Å²) in [5.74, 6) is 0. The van der Waals surface area contributed by atoms with E-state index in [-0.39, 0.29) is 5.41 Å². The minimum atomic E-state index is 0.223. The Morgan fingerprint density at radius 2 is 2.00 bits per heavy atom. The molecule has 1 saturated heterocycles. The Bertz CT molecular complexity index is 368. The van der Waals surface area contributed by atoms with Crippen molar-refractivity contribution in [2.24, 2.45) is 0 Å². The summed E-state index contributed by atoms with van der Waals surface area (Å²) in [6.45, 7) is 9.89. The molecular weight excluding hydrogens is 196 g/mol. The molecule has 16 heavy (non-hydrogen) atoms. The number of rotatable bonds is 1. The first-order valence-corrected chi connectivity index (χ1v) is 6.21. The molecule has 1 atom stereocenters. The quantitative estimate of drug-likeness (QED) is 0.688. The molecule has 1 nitrogen and oxygen atoms in total. The Hall–Kier alpha value is -0.820. The van der Waals surface area contributed by atoms with Crippen molar-refractivity contribution < 1.29 is 4.74 Å². The van der Waals surface area contributed by atoms with Gasteiger partial charge in [-0.15, -0.1) is 0 Å². The lowest BCUT2D eigenvalue weighted by Gasteiger charge is -2.22. The minimum Gasteiger partial charge on any atom is -0.374 e. The normalized spacial score (nSPS) is 21.4. The van der Waals surface area contributed by atoms with Crippen molar-refractivity contribution in [2.75, 3.05) is 6.61 Å². The first-order valence-electron chi connectivity index (χ1n) is 6.21. The van der Waals surface area contributed by atoms with Crippen molar-refractivity contribution in [3.63, 3.8) is 0 Å². The average molecular weight is 218 g/mol. The smallest absolute Gasteiger partial charge is 0.0828 e. The molecule has 2 rings (SSSR count). The zero-order valence-electron chi connectivity index (χ0n) is 10.8. The molecule has 1 aliphatic heterocycles. The van der Waals surface area contributed by atoms with Crippen LogP contribution in [0.15, 0.2) is 18.2 Å².